The van der Waals surface area contributed by atoms with E-state index in [2.05, 4.69) is 0 Å². The fraction of sp³-hybridized carbons (Fsp3) is 0.400. The first-order valence-corrected chi connectivity index (χ1v) is 7.04. The van der Waals surface area contributed by atoms with Gasteiger partial charge in [-0.25, -0.2) is 12.8 Å². The molecule has 0 aliphatic rings. The number of hydrogen-bond donors (Lipinski definition) is 1. The molecule has 1 unspecified atom stereocenters. The minimum absolute atomic E-state index is 0.0286. The summed E-state index contributed by atoms with van der Waals surface area (Å²) in [7, 11) is -3.13. The van der Waals surface area contributed by atoms with Crippen LogP contribution in [0.15, 0.2) is 18.2 Å². The Morgan fingerprint density at radius 2 is 2.12 bits per heavy atom. The second-order valence-electron chi connectivity index (χ2n) is 3.61. The van der Waals surface area contributed by atoms with E-state index in [1.54, 1.807) is 0 Å². The number of rotatable bonds is 4. The third-order valence-corrected chi connectivity index (χ3v) is 3.37. The largest absolute Gasteiger partial charge is 0.388 e. The Kier molecular flexibility index (Phi) is 4.29. The molecular formula is C10H12ClFO3S. The molecule has 0 spiro atoms. The quantitative estimate of drug-likeness (QED) is 0.906. The van der Waals surface area contributed by atoms with Crippen molar-refractivity contribution >= 4 is 21.4 Å². The smallest absolute Gasteiger partial charge is 0.147 e. The van der Waals surface area contributed by atoms with Gasteiger partial charge in [0.05, 0.1) is 16.9 Å². The van der Waals surface area contributed by atoms with Gasteiger partial charge in [0.15, 0.2) is 0 Å². The molecule has 16 heavy (non-hydrogen) atoms. The molecule has 0 aliphatic carbocycles. The van der Waals surface area contributed by atoms with Gasteiger partial charge in [-0.3, -0.25) is 0 Å². The summed E-state index contributed by atoms with van der Waals surface area (Å²) in [6.07, 6.45) is 0.128. The molecule has 1 aromatic rings. The first kappa shape index (κ1) is 13.4. The van der Waals surface area contributed by atoms with Gasteiger partial charge < -0.3 is 5.11 Å². The fourth-order valence-electron chi connectivity index (χ4n) is 1.21. The Balaban J connectivity index is 2.73. The lowest BCUT2D eigenvalue weighted by atomic mass is 10.1. The molecule has 0 saturated carbocycles. The summed E-state index contributed by atoms with van der Waals surface area (Å²) < 4.78 is 34.8. The van der Waals surface area contributed by atoms with Crippen molar-refractivity contribution in [3.05, 3.63) is 34.6 Å². The lowest BCUT2D eigenvalue weighted by Gasteiger charge is -2.10. The highest BCUT2D eigenvalue weighted by Crippen LogP contribution is 2.22. The van der Waals surface area contributed by atoms with Crippen LogP contribution in [0.4, 0.5) is 4.39 Å². The van der Waals surface area contributed by atoms with Crippen LogP contribution < -0.4 is 0 Å². The zero-order valence-corrected chi connectivity index (χ0v) is 10.2. The van der Waals surface area contributed by atoms with Crippen molar-refractivity contribution in [3.63, 3.8) is 0 Å². The molecule has 3 nitrogen and oxygen atoms in total. The van der Waals surface area contributed by atoms with Gasteiger partial charge in [-0.05, 0) is 24.1 Å². The fourth-order valence-corrected chi connectivity index (χ4v) is 1.98. The topological polar surface area (TPSA) is 54.4 Å². The Hall–Kier alpha value is -0.650. The number of aliphatic hydroxyl groups excluding tert-OH is 1. The van der Waals surface area contributed by atoms with Crippen LogP contribution in [0.3, 0.4) is 0 Å². The van der Waals surface area contributed by atoms with Crippen LogP contribution in [-0.4, -0.2) is 25.5 Å². The van der Waals surface area contributed by atoms with Gasteiger partial charge in [0.1, 0.15) is 15.7 Å². The first-order chi connectivity index (χ1) is 7.29. The third-order valence-electron chi connectivity index (χ3n) is 2.09. The van der Waals surface area contributed by atoms with E-state index in [1.807, 2.05) is 0 Å². The molecule has 0 radical (unpaired) electrons. The summed E-state index contributed by atoms with van der Waals surface area (Å²) in [6.45, 7) is 0. The molecule has 0 heterocycles. The minimum atomic E-state index is -3.13. The van der Waals surface area contributed by atoms with Crippen LogP contribution in [0, 0.1) is 5.82 Å². The SMILES string of the molecule is CS(=O)(=O)CCC(O)c1ccc(Cl)c(F)c1. The van der Waals surface area contributed by atoms with Gasteiger partial charge in [0, 0.05) is 6.26 Å². The maximum absolute atomic E-state index is 13.1. The number of halogens is 2. The van der Waals surface area contributed by atoms with Crippen LogP contribution >= 0.6 is 11.6 Å². The standard InChI is InChI=1S/C10H12ClFO3S/c1-16(14,15)5-4-10(13)7-2-3-8(11)9(12)6-7/h2-3,6,10,13H,4-5H2,1H3. The van der Waals surface area contributed by atoms with Crippen molar-refractivity contribution in [2.75, 3.05) is 12.0 Å². The molecule has 0 saturated heterocycles. The predicted octanol–water partition coefficient (Wildman–Crippen LogP) is 1.95. The lowest BCUT2D eigenvalue weighted by molar-refractivity contribution is 0.174. The molecule has 0 amide bonds. The van der Waals surface area contributed by atoms with E-state index in [1.165, 1.54) is 12.1 Å². The highest BCUT2D eigenvalue weighted by molar-refractivity contribution is 7.90. The average molecular weight is 267 g/mol. The van der Waals surface area contributed by atoms with Crippen molar-refractivity contribution < 1.29 is 17.9 Å². The molecule has 1 aromatic carbocycles. The average Bonchev–Trinajstić information content (AvgIpc) is 2.17. The van der Waals surface area contributed by atoms with Crippen molar-refractivity contribution in [2.24, 2.45) is 0 Å². The van der Waals surface area contributed by atoms with E-state index in [-0.39, 0.29) is 17.2 Å². The van der Waals surface area contributed by atoms with Crippen molar-refractivity contribution in [1.29, 1.82) is 0 Å². The zero-order valence-electron chi connectivity index (χ0n) is 8.65. The molecule has 1 rings (SSSR count). The van der Waals surface area contributed by atoms with Gasteiger partial charge in [0.2, 0.25) is 0 Å². The third kappa shape index (κ3) is 4.08. The van der Waals surface area contributed by atoms with Crippen LogP contribution in [0.2, 0.25) is 5.02 Å². The van der Waals surface area contributed by atoms with Crippen molar-refractivity contribution in [1.82, 2.24) is 0 Å². The summed E-state index contributed by atoms with van der Waals surface area (Å²) in [4.78, 5) is 0. The van der Waals surface area contributed by atoms with E-state index in [0.717, 1.165) is 12.3 Å². The second kappa shape index (κ2) is 5.12. The van der Waals surface area contributed by atoms with Crippen LogP contribution in [0.1, 0.15) is 18.1 Å². The van der Waals surface area contributed by atoms with Crippen LogP contribution in [0.25, 0.3) is 0 Å². The maximum Gasteiger partial charge on any atom is 0.147 e. The van der Waals surface area contributed by atoms with Crippen molar-refractivity contribution in [2.45, 2.75) is 12.5 Å². The Bertz CT molecular complexity index is 473. The second-order valence-corrected chi connectivity index (χ2v) is 6.27. The number of aliphatic hydroxyl groups is 1. The molecule has 6 heteroatoms. The first-order valence-electron chi connectivity index (χ1n) is 4.60. The summed E-state index contributed by atoms with van der Waals surface area (Å²) in [6, 6.07) is 3.91. The lowest BCUT2D eigenvalue weighted by Crippen LogP contribution is -2.08. The summed E-state index contributed by atoms with van der Waals surface area (Å²) >= 11 is 5.48. The number of benzene rings is 1. The van der Waals surface area contributed by atoms with E-state index in [9.17, 15) is 17.9 Å². The van der Waals surface area contributed by atoms with Crippen LogP contribution in [0.5, 0.6) is 0 Å². The monoisotopic (exact) mass is 266 g/mol. The molecule has 0 aliphatic heterocycles. The molecule has 90 valence electrons. The van der Waals surface area contributed by atoms with Gasteiger partial charge in [-0.2, -0.15) is 0 Å². The predicted molar refractivity (Wildman–Crippen MR) is 60.7 cm³/mol. The zero-order chi connectivity index (χ0) is 12.3. The number of sulfone groups is 1. The van der Waals surface area contributed by atoms with E-state index >= 15 is 0 Å². The Morgan fingerprint density at radius 1 is 1.50 bits per heavy atom. The van der Waals surface area contributed by atoms with Gasteiger partial charge in [-0.1, -0.05) is 17.7 Å². The maximum atomic E-state index is 13.1. The van der Waals surface area contributed by atoms with E-state index < -0.39 is 21.8 Å². The molecule has 0 bridgehead atoms. The molecular weight excluding hydrogens is 255 g/mol. The van der Waals surface area contributed by atoms with Gasteiger partial charge in [-0.15, -0.1) is 0 Å². The summed E-state index contributed by atoms with van der Waals surface area (Å²) in [5, 5.41) is 9.60. The van der Waals surface area contributed by atoms with E-state index in [4.69, 9.17) is 11.6 Å². The van der Waals surface area contributed by atoms with E-state index in [0.29, 0.717) is 5.56 Å². The number of hydrogen-bond acceptors (Lipinski definition) is 3. The molecule has 0 fully saturated rings. The normalized spacial score (nSPS) is 13.8. The highest BCUT2D eigenvalue weighted by atomic mass is 35.5. The summed E-state index contributed by atoms with van der Waals surface area (Å²) in [5.74, 6) is -0.768. The minimum Gasteiger partial charge on any atom is -0.388 e. The van der Waals surface area contributed by atoms with Gasteiger partial charge in [0.25, 0.3) is 0 Å². The Morgan fingerprint density at radius 3 is 2.62 bits per heavy atom. The highest BCUT2D eigenvalue weighted by Gasteiger charge is 2.13. The molecule has 1 atom stereocenters. The molecule has 1 N–H and O–H groups in total. The summed E-state index contributed by atoms with van der Waals surface area (Å²) in [5.41, 5.74) is 0.325. The molecule has 0 aromatic heterocycles. The van der Waals surface area contributed by atoms with Gasteiger partial charge >= 0.3 is 0 Å². The van der Waals surface area contributed by atoms with Crippen molar-refractivity contribution in [3.8, 4) is 0 Å². The van der Waals surface area contributed by atoms with Crippen LogP contribution in [-0.2, 0) is 9.84 Å². The Labute approximate surface area is 98.8 Å².